The first kappa shape index (κ1) is 14.0. The molecule has 3 unspecified atom stereocenters. The fourth-order valence-electron chi connectivity index (χ4n) is 3.98. The number of carbonyl (C=O) groups excluding carboxylic acids is 2. The second kappa shape index (κ2) is 4.81. The third-order valence-corrected chi connectivity index (χ3v) is 5.13. The van der Waals surface area contributed by atoms with Crippen molar-refractivity contribution >= 4 is 11.8 Å². The molecule has 20 heavy (non-hydrogen) atoms. The number of carbonyl (C=O) groups is 2. The minimum Gasteiger partial charge on any atom is -0.462 e. The lowest BCUT2D eigenvalue weighted by molar-refractivity contribution is -0.173. The zero-order valence-electron chi connectivity index (χ0n) is 12.1. The van der Waals surface area contributed by atoms with Gasteiger partial charge in [-0.05, 0) is 26.2 Å². The molecule has 3 rings (SSSR count). The molecule has 2 aliphatic carbocycles. The second-order valence-corrected chi connectivity index (χ2v) is 6.47. The fraction of sp³-hybridized carbons (Fsp3) is 0.867. The van der Waals surface area contributed by atoms with Crippen LogP contribution in [0.3, 0.4) is 0 Å². The van der Waals surface area contributed by atoms with Crippen molar-refractivity contribution in [1.29, 1.82) is 0 Å². The lowest BCUT2D eigenvalue weighted by atomic mass is 9.66. The van der Waals surface area contributed by atoms with Gasteiger partial charge < -0.3 is 14.2 Å². The Labute approximate surface area is 118 Å². The van der Waals surface area contributed by atoms with E-state index < -0.39 is 11.2 Å². The van der Waals surface area contributed by atoms with E-state index in [1.807, 2.05) is 6.92 Å². The van der Waals surface area contributed by atoms with Gasteiger partial charge in [0.1, 0.15) is 11.9 Å². The van der Waals surface area contributed by atoms with Crippen LogP contribution < -0.4 is 0 Å². The van der Waals surface area contributed by atoms with Crippen molar-refractivity contribution in [2.75, 3.05) is 13.2 Å². The highest BCUT2D eigenvalue weighted by Crippen LogP contribution is 2.50. The van der Waals surface area contributed by atoms with E-state index in [9.17, 15) is 9.59 Å². The molecule has 0 aromatic rings. The maximum Gasteiger partial charge on any atom is 0.302 e. The Morgan fingerprint density at radius 1 is 1.25 bits per heavy atom. The van der Waals surface area contributed by atoms with Gasteiger partial charge in [-0.15, -0.1) is 0 Å². The lowest BCUT2D eigenvalue weighted by Crippen LogP contribution is -2.48. The molecule has 2 bridgehead atoms. The maximum atomic E-state index is 12.8. The van der Waals surface area contributed by atoms with Gasteiger partial charge in [-0.3, -0.25) is 9.59 Å². The van der Waals surface area contributed by atoms with E-state index in [4.69, 9.17) is 14.2 Å². The van der Waals surface area contributed by atoms with E-state index >= 15 is 0 Å². The first-order valence-corrected chi connectivity index (χ1v) is 7.45. The van der Waals surface area contributed by atoms with Crippen molar-refractivity contribution < 1.29 is 23.8 Å². The average molecular weight is 282 g/mol. The van der Waals surface area contributed by atoms with E-state index in [2.05, 4.69) is 0 Å². The van der Waals surface area contributed by atoms with Crippen LogP contribution in [-0.4, -0.2) is 36.9 Å². The zero-order valence-corrected chi connectivity index (χ0v) is 12.1. The van der Waals surface area contributed by atoms with Crippen molar-refractivity contribution in [3.63, 3.8) is 0 Å². The SMILES string of the molecule is CC(=O)OC1CCC2CC3(CCC1(C)C2=O)OCCO3. The summed E-state index contributed by atoms with van der Waals surface area (Å²) in [4.78, 5) is 24.1. The number of hydrogen-bond donors (Lipinski definition) is 0. The molecular formula is C15H22O5. The number of hydrogen-bond acceptors (Lipinski definition) is 5. The molecule has 5 heteroatoms. The van der Waals surface area contributed by atoms with Crippen molar-refractivity contribution in [3.05, 3.63) is 0 Å². The molecule has 2 saturated carbocycles. The average Bonchev–Trinajstić information content (AvgIpc) is 2.83. The van der Waals surface area contributed by atoms with Crippen LogP contribution in [0, 0.1) is 11.3 Å². The monoisotopic (exact) mass is 282 g/mol. The molecule has 0 aromatic heterocycles. The molecule has 3 aliphatic rings. The molecule has 1 aliphatic heterocycles. The van der Waals surface area contributed by atoms with Gasteiger partial charge in [0.15, 0.2) is 5.79 Å². The molecule has 0 N–H and O–H groups in total. The minimum absolute atomic E-state index is 0.0348. The Morgan fingerprint density at radius 2 is 1.95 bits per heavy atom. The Kier molecular flexibility index (Phi) is 3.37. The summed E-state index contributed by atoms with van der Waals surface area (Å²) >= 11 is 0. The van der Waals surface area contributed by atoms with E-state index in [0.29, 0.717) is 32.5 Å². The number of esters is 1. The summed E-state index contributed by atoms with van der Waals surface area (Å²) in [5, 5.41) is 0. The zero-order chi connectivity index (χ0) is 14.4. The molecule has 5 nitrogen and oxygen atoms in total. The van der Waals surface area contributed by atoms with Crippen LogP contribution in [0.5, 0.6) is 0 Å². The van der Waals surface area contributed by atoms with E-state index in [-0.39, 0.29) is 23.8 Å². The Hall–Kier alpha value is -0.940. The number of Topliss-reactive ketones (excluding diaryl/α,β-unsaturated/α-hetero) is 1. The summed E-state index contributed by atoms with van der Waals surface area (Å²) in [6.45, 7) is 4.54. The van der Waals surface area contributed by atoms with E-state index in [1.165, 1.54) is 6.92 Å². The van der Waals surface area contributed by atoms with Gasteiger partial charge in [0, 0.05) is 25.7 Å². The summed E-state index contributed by atoms with van der Waals surface area (Å²) in [7, 11) is 0. The number of fused-ring (bicyclic) bond motifs is 2. The fourth-order valence-corrected chi connectivity index (χ4v) is 3.98. The topological polar surface area (TPSA) is 61.8 Å². The molecule has 1 saturated heterocycles. The van der Waals surface area contributed by atoms with Gasteiger partial charge in [0.2, 0.25) is 0 Å². The first-order chi connectivity index (χ1) is 9.45. The smallest absolute Gasteiger partial charge is 0.302 e. The van der Waals surface area contributed by atoms with Crippen molar-refractivity contribution in [2.24, 2.45) is 11.3 Å². The quantitative estimate of drug-likeness (QED) is 0.687. The summed E-state index contributed by atoms with van der Waals surface area (Å²) < 4.78 is 17.0. The predicted molar refractivity (Wildman–Crippen MR) is 69.9 cm³/mol. The minimum atomic E-state index is -0.590. The van der Waals surface area contributed by atoms with Gasteiger partial charge in [0.25, 0.3) is 0 Å². The van der Waals surface area contributed by atoms with Gasteiger partial charge in [-0.2, -0.15) is 0 Å². The van der Waals surface area contributed by atoms with Crippen LogP contribution in [0.2, 0.25) is 0 Å². The largest absolute Gasteiger partial charge is 0.462 e. The molecule has 0 radical (unpaired) electrons. The Bertz CT molecular complexity index is 426. The normalized spacial score (nSPS) is 39.6. The van der Waals surface area contributed by atoms with Crippen LogP contribution in [0.15, 0.2) is 0 Å². The third-order valence-electron chi connectivity index (χ3n) is 5.13. The predicted octanol–water partition coefficient (Wildman–Crippen LogP) is 1.83. The molecule has 1 heterocycles. The second-order valence-electron chi connectivity index (χ2n) is 6.47. The highest BCUT2D eigenvalue weighted by atomic mass is 16.7. The third kappa shape index (κ3) is 2.17. The van der Waals surface area contributed by atoms with Crippen LogP contribution in [0.1, 0.15) is 46.0 Å². The van der Waals surface area contributed by atoms with Crippen LogP contribution in [0.25, 0.3) is 0 Å². The highest BCUT2D eigenvalue weighted by molar-refractivity contribution is 5.89. The van der Waals surface area contributed by atoms with Gasteiger partial charge in [-0.1, -0.05) is 0 Å². The van der Waals surface area contributed by atoms with Crippen LogP contribution in [-0.2, 0) is 23.8 Å². The number of rotatable bonds is 1. The highest BCUT2D eigenvalue weighted by Gasteiger charge is 2.56. The number of ether oxygens (including phenoxy) is 3. The van der Waals surface area contributed by atoms with Gasteiger partial charge in [-0.25, -0.2) is 0 Å². The van der Waals surface area contributed by atoms with Crippen LogP contribution >= 0.6 is 0 Å². The summed E-state index contributed by atoms with van der Waals surface area (Å²) in [6, 6.07) is 0. The maximum absolute atomic E-state index is 12.8. The van der Waals surface area contributed by atoms with Gasteiger partial charge in [0.05, 0.1) is 18.6 Å². The van der Waals surface area contributed by atoms with E-state index in [1.54, 1.807) is 0 Å². The summed E-state index contributed by atoms with van der Waals surface area (Å²) in [5.41, 5.74) is -0.590. The Balaban J connectivity index is 1.86. The molecule has 0 aromatic carbocycles. The first-order valence-electron chi connectivity index (χ1n) is 7.45. The molecule has 1 spiro atoms. The molecule has 112 valence electrons. The summed E-state index contributed by atoms with van der Waals surface area (Å²) in [6.07, 6.45) is 3.20. The molecular weight excluding hydrogens is 260 g/mol. The van der Waals surface area contributed by atoms with Crippen LogP contribution in [0.4, 0.5) is 0 Å². The number of ketones is 1. The van der Waals surface area contributed by atoms with Crippen molar-refractivity contribution in [2.45, 2.75) is 57.8 Å². The van der Waals surface area contributed by atoms with Gasteiger partial charge >= 0.3 is 5.97 Å². The van der Waals surface area contributed by atoms with E-state index in [0.717, 1.165) is 12.8 Å². The summed E-state index contributed by atoms with van der Waals surface area (Å²) in [5.74, 6) is -0.711. The molecule has 0 amide bonds. The lowest BCUT2D eigenvalue weighted by Gasteiger charge is -2.40. The standard InChI is InChI=1S/C15H22O5/c1-10(16)20-12-4-3-11-9-15(18-7-8-19-15)6-5-14(12,2)13(11)17/h11-12H,3-9H2,1-2H3. The van der Waals surface area contributed by atoms with Crippen molar-refractivity contribution in [1.82, 2.24) is 0 Å². The molecule has 3 atom stereocenters. The Morgan fingerprint density at radius 3 is 2.60 bits per heavy atom. The molecule has 3 fully saturated rings. The van der Waals surface area contributed by atoms with Crippen molar-refractivity contribution in [3.8, 4) is 0 Å².